The van der Waals surface area contributed by atoms with E-state index in [2.05, 4.69) is 85.2 Å². The summed E-state index contributed by atoms with van der Waals surface area (Å²) in [7, 11) is 0. The van der Waals surface area contributed by atoms with Gasteiger partial charge in [-0.1, -0.05) is 123 Å². The topological polar surface area (TPSA) is 56.5 Å². The molecule has 204 valence electrons. The van der Waals surface area contributed by atoms with Gasteiger partial charge in [-0.25, -0.2) is 19.9 Å². The average Bonchev–Trinajstić information content (AvgIpc) is 3.45. The molecule has 2 heterocycles. The molecule has 0 saturated carbocycles. The minimum atomic E-state index is -0.0929. The minimum Gasteiger partial charge on any atom is -0.292 e. The molecule has 0 amide bonds. The van der Waals surface area contributed by atoms with Gasteiger partial charge < -0.3 is 0 Å². The van der Waals surface area contributed by atoms with Crippen LogP contribution in [-0.2, 0) is 0 Å². The first kappa shape index (κ1) is 25.8. The van der Waals surface area contributed by atoms with Crippen LogP contribution in [-0.4, -0.2) is 24.5 Å². The van der Waals surface area contributed by atoms with Gasteiger partial charge in [0.1, 0.15) is 11.6 Å². The molecule has 5 nitrogen and oxygen atoms in total. The van der Waals surface area contributed by atoms with Gasteiger partial charge in [-0.15, -0.1) is 0 Å². The van der Waals surface area contributed by atoms with Gasteiger partial charge in [-0.05, 0) is 36.1 Å². The third kappa shape index (κ3) is 4.73. The Labute approximate surface area is 246 Å². The van der Waals surface area contributed by atoms with Crippen LogP contribution >= 0.6 is 0 Å². The summed E-state index contributed by atoms with van der Waals surface area (Å²) < 4.78 is 2.32. The van der Waals surface area contributed by atoms with E-state index in [0.717, 1.165) is 51.5 Å². The van der Waals surface area contributed by atoms with Crippen molar-refractivity contribution in [1.29, 1.82) is 0 Å². The predicted molar refractivity (Wildman–Crippen MR) is 170 cm³/mol. The highest BCUT2D eigenvalue weighted by Gasteiger charge is 2.29. The summed E-state index contributed by atoms with van der Waals surface area (Å²) in [4.78, 5) is 20.4. The average molecular weight is 546 g/mol. The third-order valence-corrected chi connectivity index (χ3v) is 7.81. The van der Waals surface area contributed by atoms with Crippen LogP contribution in [0.5, 0.6) is 0 Å². The molecule has 4 aromatic carbocycles. The number of allylic oxidation sites excluding steroid dienone is 4. The Balaban J connectivity index is 1.44. The van der Waals surface area contributed by atoms with Gasteiger partial charge in [0, 0.05) is 16.7 Å². The number of imidazole rings is 1. The maximum atomic E-state index is 5.24. The second-order valence-electron chi connectivity index (χ2n) is 10.9. The van der Waals surface area contributed by atoms with Crippen LogP contribution in [0.25, 0.3) is 45.1 Å². The summed E-state index contributed by atoms with van der Waals surface area (Å²) in [6.07, 6.45) is 7.27. The van der Waals surface area contributed by atoms with E-state index in [4.69, 9.17) is 19.9 Å². The van der Waals surface area contributed by atoms with Crippen molar-refractivity contribution in [3.63, 3.8) is 0 Å². The molecule has 2 aromatic heterocycles. The van der Waals surface area contributed by atoms with Crippen molar-refractivity contribution in [2.24, 2.45) is 0 Å². The van der Waals surface area contributed by atoms with Gasteiger partial charge in [-0.2, -0.15) is 0 Å². The van der Waals surface area contributed by atoms with Crippen LogP contribution in [0.4, 0.5) is 0 Å². The molecule has 6 aromatic rings. The Hall–Kier alpha value is -5.16. The molecule has 0 bridgehead atoms. The monoisotopic (exact) mass is 545 g/mol. The molecule has 7 rings (SSSR count). The molecule has 5 heteroatoms. The smallest absolute Gasteiger partial charge is 0.163 e. The third-order valence-electron chi connectivity index (χ3n) is 7.81. The van der Waals surface area contributed by atoms with E-state index in [9.17, 15) is 0 Å². The van der Waals surface area contributed by atoms with E-state index in [1.165, 1.54) is 5.56 Å². The van der Waals surface area contributed by atoms with Crippen LogP contribution in [0, 0.1) is 0 Å². The quantitative estimate of drug-likeness (QED) is 0.210. The van der Waals surface area contributed by atoms with Crippen molar-refractivity contribution in [2.45, 2.75) is 32.1 Å². The number of para-hydroxylation sites is 3. The van der Waals surface area contributed by atoms with E-state index in [-0.39, 0.29) is 5.92 Å². The Kier molecular flexibility index (Phi) is 6.76. The maximum absolute atomic E-state index is 5.24. The van der Waals surface area contributed by atoms with Crippen molar-refractivity contribution in [2.75, 3.05) is 0 Å². The van der Waals surface area contributed by atoms with Gasteiger partial charge in [0.25, 0.3) is 0 Å². The molecule has 0 aliphatic heterocycles. The lowest BCUT2D eigenvalue weighted by Gasteiger charge is -2.23. The molecule has 1 unspecified atom stereocenters. The molecule has 42 heavy (non-hydrogen) atoms. The van der Waals surface area contributed by atoms with E-state index in [1.807, 2.05) is 60.7 Å². The van der Waals surface area contributed by atoms with Crippen LogP contribution in [0.1, 0.15) is 49.3 Å². The highest BCUT2D eigenvalue weighted by molar-refractivity contribution is 5.84. The molecule has 1 aliphatic rings. The second-order valence-corrected chi connectivity index (χ2v) is 10.9. The van der Waals surface area contributed by atoms with Gasteiger partial charge in [-0.3, -0.25) is 4.57 Å². The maximum Gasteiger partial charge on any atom is 0.163 e. The molecule has 0 saturated heterocycles. The van der Waals surface area contributed by atoms with Crippen molar-refractivity contribution in [3.05, 3.63) is 145 Å². The Morgan fingerprint density at radius 2 is 1.29 bits per heavy atom. The molecular formula is C37H31N5. The summed E-state index contributed by atoms with van der Waals surface area (Å²) in [5.41, 5.74) is 7.50. The molecule has 0 N–H and O–H groups in total. The number of benzene rings is 4. The molecule has 0 radical (unpaired) electrons. The van der Waals surface area contributed by atoms with E-state index < -0.39 is 0 Å². The van der Waals surface area contributed by atoms with Crippen molar-refractivity contribution in [3.8, 4) is 28.5 Å². The number of fused-ring (bicyclic) bond motifs is 1. The van der Waals surface area contributed by atoms with Gasteiger partial charge in [0.05, 0.1) is 22.6 Å². The van der Waals surface area contributed by atoms with Crippen LogP contribution in [0.2, 0.25) is 0 Å². The van der Waals surface area contributed by atoms with Crippen molar-refractivity contribution < 1.29 is 0 Å². The van der Waals surface area contributed by atoms with Gasteiger partial charge in [0.15, 0.2) is 11.6 Å². The standard InChI is InChI=1S/C37H31N5/c1-25(2)28-19-11-13-23-32(28)42-33-24-14-12-22-31(33)38-37(42)30-21-10-9-20-29(30)36-40-34(26-15-5-3-6-16-26)39-35(41-36)27-17-7-4-8-18-27/h3-19,21-25,29H,20H2,1-2H3. The summed E-state index contributed by atoms with van der Waals surface area (Å²) in [6.45, 7) is 4.48. The predicted octanol–water partition coefficient (Wildman–Crippen LogP) is 8.80. The largest absolute Gasteiger partial charge is 0.292 e. The highest BCUT2D eigenvalue weighted by atomic mass is 15.1. The van der Waals surface area contributed by atoms with Crippen molar-refractivity contribution >= 4 is 16.6 Å². The van der Waals surface area contributed by atoms with Crippen LogP contribution in [0.3, 0.4) is 0 Å². The summed E-state index contributed by atoms with van der Waals surface area (Å²) >= 11 is 0. The number of rotatable bonds is 6. The van der Waals surface area contributed by atoms with E-state index in [0.29, 0.717) is 17.6 Å². The fourth-order valence-electron chi connectivity index (χ4n) is 5.73. The lowest BCUT2D eigenvalue weighted by Crippen LogP contribution is -2.14. The molecule has 0 fully saturated rings. The number of nitrogens with zero attached hydrogens (tertiary/aromatic N) is 5. The number of hydrogen-bond acceptors (Lipinski definition) is 4. The fraction of sp³-hybridized carbons (Fsp3) is 0.135. The fourth-order valence-corrected chi connectivity index (χ4v) is 5.73. The molecule has 1 atom stereocenters. The number of aromatic nitrogens is 5. The van der Waals surface area contributed by atoms with Gasteiger partial charge >= 0.3 is 0 Å². The zero-order valence-electron chi connectivity index (χ0n) is 23.7. The lowest BCUT2D eigenvalue weighted by molar-refractivity contribution is 0.768. The molecule has 0 spiro atoms. The van der Waals surface area contributed by atoms with E-state index >= 15 is 0 Å². The summed E-state index contributed by atoms with van der Waals surface area (Å²) in [5, 5.41) is 0. The first-order valence-electron chi connectivity index (χ1n) is 14.5. The zero-order valence-corrected chi connectivity index (χ0v) is 23.7. The first-order valence-corrected chi connectivity index (χ1v) is 14.5. The van der Waals surface area contributed by atoms with Crippen molar-refractivity contribution in [1.82, 2.24) is 24.5 Å². The SMILES string of the molecule is CC(C)c1ccccc1-n1c(C2=CC=CCC2c2nc(-c3ccccc3)nc(-c3ccccc3)n2)nc2ccccc21. The normalized spacial score (nSPS) is 14.8. The number of hydrogen-bond donors (Lipinski definition) is 0. The van der Waals surface area contributed by atoms with Gasteiger partial charge in [0.2, 0.25) is 0 Å². The summed E-state index contributed by atoms with van der Waals surface area (Å²) in [5.74, 6) is 3.27. The second kappa shape index (κ2) is 11.0. The Morgan fingerprint density at radius 1 is 0.667 bits per heavy atom. The minimum absolute atomic E-state index is 0.0929. The first-order chi connectivity index (χ1) is 20.7. The van der Waals surface area contributed by atoms with Crippen LogP contribution < -0.4 is 0 Å². The Morgan fingerprint density at radius 3 is 1.98 bits per heavy atom. The summed E-state index contributed by atoms with van der Waals surface area (Å²) in [6, 6.07) is 37.3. The lowest BCUT2D eigenvalue weighted by atomic mass is 9.89. The highest BCUT2D eigenvalue weighted by Crippen LogP contribution is 2.40. The molecular weight excluding hydrogens is 514 g/mol. The molecule has 1 aliphatic carbocycles. The van der Waals surface area contributed by atoms with Crippen LogP contribution in [0.15, 0.2) is 127 Å². The Bertz CT molecular complexity index is 1880. The van der Waals surface area contributed by atoms with E-state index in [1.54, 1.807) is 0 Å². The zero-order chi connectivity index (χ0) is 28.5.